The molecule has 1 N–H and O–H groups in total. The number of likely N-dealkylation sites (N-methyl/N-ethyl adjacent to an activating group) is 1. The summed E-state index contributed by atoms with van der Waals surface area (Å²) in [5.41, 5.74) is 2.36. The number of sulfonamides is 1. The van der Waals surface area contributed by atoms with Crippen molar-refractivity contribution in [3.05, 3.63) is 64.7 Å². The van der Waals surface area contributed by atoms with Crippen LogP contribution in [0.1, 0.15) is 30.9 Å². The van der Waals surface area contributed by atoms with Crippen molar-refractivity contribution in [2.24, 2.45) is 0 Å². The van der Waals surface area contributed by atoms with Crippen LogP contribution in [-0.4, -0.2) is 51.0 Å². The van der Waals surface area contributed by atoms with Crippen molar-refractivity contribution in [3.8, 4) is 0 Å². The van der Waals surface area contributed by atoms with Crippen LogP contribution in [0.4, 0.5) is 5.69 Å². The molecule has 0 aromatic heterocycles. The summed E-state index contributed by atoms with van der Waals surface area (Å²) in [6.07, 6.45) is 1.57. The van der Waals surface area contributed by atoms with Gasteiger partial charge in [0.15, 0.2) is 0 Å². The third-order valence-electron chi connectivity index (χ3n) is 5.12. The minimum atomic E-state index is -3.51. The number of halogens is 1. The molecule has 7 nitrogen and oxygen atoms in total. The van der Waals surface area contributed by atoms with E-state index in [4.69, 9.17) is 11.6 Å². The van der Waals surface area contributed by atoms with Crippen LogP contribution in [-0.2, 0) is 26.2 Å². The Labute approximate surface area is 195 Å². The minimum Gasteiger partial charge on any atom is -0.357 e. The SMILES string of the molecule is CNC(=O)C(C)N(Cc1ccc(Cl)cc1)C(=O)CCCN(c1cccc(C)c1)S(C)(=O)=O. The van der Waals surface area contributed by atoms with Crippen LogP contribution in [0, 0.1) is 6.92 Å². The molecule has 0 bridgehead atoms. The summed E-state index contributed by atoms with van der Waals surface area (Å²) >= 11 is 5.94. The van der Waals surface area contributed by atoms with Crippen molar-refractivity contribution < 1.29 is 18.0 Å². The van der Waals surface area contributed by atoms with Crippen molar-refractivity contribution in [3.63, 3.8) is 0 Å². The van der Waals surface area contributed by atoms with Gasteiger partial charge >= 0.3 is 0 Å². The lowest BCUT2D eigenvalue weighted by molar-refractivity contribution is -0.140. The zero-order chi connectivity index (χ0) is 23.9. The predicted molar refractivity (Wildman–Crippen MR) is 128 cm³/mol. The second kappa shape index (κ2) is 11.3. The van der Waals surface area contributed by atoms with E-state index in [2.05, 4.69) is 5.32 Å². The Morgan fingerprint density at radius 1 is 1.12 bits per heavy atom. The highest BCUT2D eigenvalue weighted by molar-refractivity contribution is 7.92. The van der Waals surface area contributed by atoms with Crippen LogP contribution in [0.2, 0.25) is 5.02 Å². The summed E-state index contributed by atoms with van der Waals surface area (Å²) in [6.45, 7) is 3.97. The number of benzene rings is 2. The molecule has 0 aliphatic heterocycles. The van der Waals surface area contributed by atoms with Crippen LogP contribution in [0.3, 0.4) is 0 Å². The number of nitrogens with zero attached hydrogens (tertiary/aromatic N) is 2. The molecule has 0 heterocycles. The molecule has 2 rings (SSSR count). The van der Waals surface area contributed by atoms with Gasteiger partial charge in [0.1, 0.15) is 6.04 Å². The molecule has 0 saturated carbocycles. The van der Waals surface area contributed by atoms with Crippen LogP contribution >= 0.6 is 11.6 Å². The maximum atomic E-state index is 13.1. The fraction of sp³-hybridized carbons (Fsp3) is 0.391. The van der Waals surface area contributed by atoms with E-state index < -0.39 is 16.1 Å². The lowest BCUT2D eigenvalue weighted by atomic mass is 10.1. The van der Waals surface area contributed by atoms with Gasteiger partial charge in [-0.25, -0.2) is 8.42 Å². The van der Waals surface area contributed by atoms with Gasteiger partial charge in [0, 0.05) is 31.6 Å². The lowest BCUT2D eigenvalue weighted by Gasteiger charge is -2.29. The van der Waals surface area contributed by atoms with E-state index in [-0.39, 0.29) is 31.3 Å². The maximum Gasteiger partial charge on any atom is 0.242 e. The zero-order valence-corrected chi connectivity index (χ0v) is 20.4. The first kappa shape index (κ1) is 25.7. The van der Waals surface area contributed by atoms with Gasteiger partial charge in [-0.1, -0.05) is 35.9 Å². The van der Waals surface area contributed by atoms with E-state index >= 15 is 0 Å². The Kier molecular flexibility index (Phi) is 9.09. The Hall–Kier alpha value is -2.58. The second-order valence-corrected chi connectivity index (χ2v) is 10.1. The van der Waals surface area contributed by atoms with Gasteiger partial charge in [-0.15, -0.1) is 0 Å². The first-order chi connectivity index (χ1) is 15.0. The Bertz CT molecular complexity index is 1040. The molecule has 2 amide bonds. The van der Waals surface area contributed by atoms with Gasteiger partial charge < -0.3 is 10.2 Å². The van der Waals surface area contributed by atoms with Crippen LogP contribution < -0.4 is 9.62 Å². The van der Waals surface area contributed by atoms with Crippen molar-refractivity contribution in [2.45, 2.75) is 39.3 Å². The summed E-state index contributed by atoms with van der Waals surface area (Å²) in [5, 5.41) is 3.16. The third kappa shape index (κ3) is 7.24. The lowest BCUT2D eigenvalue weighted by Crippen LogP contribution is -2.46. The number of carbonyl (C=O) groups excluding carboxylic acids is 2. The number of hydrogen-bond donors (Lipinski definition) is 1. The average Bonchev–Trinajstić information content (AvgIpc) is 2.74. The summed E-state index contributed by atoms with van der Waals surface area (Å²) in [6, 6.07) is 13.6. The monoisotopic (exact) mass is 479 g/mol. The van der Waals surface area contributed by atoms with Gasteiger partial charge in [-0.3, -0.25) is 13.9 Å². The molecule has 2 aromatic carbocycles. The van der Waals surface area contributed by atoms with Gasteiger partial charge in [-0.2, -0.15) is 0 Å². The highest BCUT2D eigenvalue weighted by atomic mass is 35.5. The molecule has 0 spiro atoms. The number of rotatable bonds is 10. The van der Waals surface area contributed by atoms with Crippen LogP contribution in [0.25, 0.3) is 0 Å². The molecule has 1 atom stereocenters. The Balaban J connectivity index is 2.13. The minimum absolute atomic E-state index is 0.104. The molecule has 0 radical (unpaired) electrons. The first-order valence-electron chi connectivity index (χ1n) is 10.3. The summed E-state index contributed by atoms with van der Waals surface area (Å²) in [7, 11) is -1.98. The number of hydrogen-bond acceptors (Lipinski definition) is 4. The van der Waals surface area contributed by atoms with E-state index in [1.807, 2.05) is 25.1 Å². The standard InChI is InChI=1S/C23H30ClN3O4S/c1-17-7-5-8-21(15-17)27(32(4,30)31)14-6-9-22(28)26(18(2)23(29)25-3)16-19-10-12-20(24)13-11-19/h5,7-8,10-13,15,18H,6,9,14,16H2,1-4H3,(H,25,29). The molecule has 0 aliphatic rings. The van der Waals surface area contributed by atoms with Gasteiger partial charge in [0.2, 0.25) is 21.8 Å². The molecule has 0 fully saturated rings. The third-order valence-corrected chi connectivity index (χ3v) is 6.57. The van der Waals surface area contributed by atoms with Crippen LogP contribution in [0.5, 0.6) is 0 Å². The molecule has 2 aromatic rings. The first-order valence-corrected chi connectivity index (χ1v) is 12.6. The summed E-state index contributed by atoms with van der Waals surface area (Å²) < 4.78 is 26.0. The van der Waals surface area contributed by atoms with Crippen molar-refractivity contribution in [1.82, 2.24) is 10.2 Å². The quantitative estimate of drug-likeness (QED) is 0.566. The molecular weight excluding hydrogens is 450 g/mol. The van der Waals surface area contributed by atoms with E-state index in [0.29, 0.717) is 17.1 Å². The van der Waals surface area contributed by atoms with E-state index in [1.165, 1.54) is 16.3 Å². The maximum absolute atomic E-state index is 13.1. The fourth-order valence-corrected chi connectivity index (χ4v) is 4.45. The van der Waals surface area contributed by atoms with Gasteiger partial charge in [0.25, 0.3) is 0 Å². The second-order valence-electron chi connectivity index (χ2n) is 7.72. The van der Waals surface area contributed by atoms with E-state index in [9.17, 15) is 18.0 Å². The molecule has 9 heteroatoms. The van der Waals surface area contributed by atoms with Crippen molar-refractivity contribution in [2.75, 3.05) is 24.2 Å². The number of aryl methyl sites for hydroxylation is 1. The molecule has 0 saturated heterocycles. The normalized spacial score (nSPS) is 12.2. The fourth-order valence-electron chi connectivity index (χ4n) is 3.37. The molecule has 0 aliphatic carbocycles. The van der Waals surface area contributed by atoms with Gasteiger partial charge in [0.05, 0.1) is 11.9 Å². The highest BCUT2D eigenvalue weighted by Crippen LogP contribution is 2.20. The summed E-state index contributed by atoms with van der Waals surface area (Å²) in [4.78, 5) is 26.8. The largest absolute Gasteiger partial charge is 0.357 e. The number of carbonyl (C=O) groups is 2. The van der Waals surface area contributed by atoms with Gasteiger partial charge in [-0.05, 0) is 55.7 Å². The Morgan fingerprint density at radius 3 is 2.34 bits per heavy atom. The van der Waals surface area contributed by atoms with Crippen molar-refractivity contribution >= 4 is 39.1 Å². The van der Waals surface area contributed by atoms with Crippen LogP contribution in [0.15, 0.2) is 48.5 Å². The molecule has 1 unspecified atom stereocenters. The number of anilines is 1. The zero-order valence-electron chi connectivity index (χ0n) is 18.8. The van der Waals surface area contributed by atoms with Crippen molar-refractivity contribution in [1.29, 1.82) is 0 Å². The molecule has 174 valence electrons. The molecule has 32 heavy (non-hydrogen) atoms. The number of nitrogens with one attached hydrogen (secondary N) is 1. The topological polar surface area (TPSA) is 86.8 Å². The average molecular weight is 480 g/mol. The predicted octanol–water partition coefficient (Wildman–Crippen LogP) is 3.36. The summed E-state index contributed by atoms with van der Waals surface area (Å²) in [5.74, 6) is -0.501. The van der Waals surface area contributed by atoms with E-state index in [0.717, 1.165) is 17.4 Å². The number of amides is 2. The highest BCUT2D eigenvalue weighted by Gasteiger charge is 2.26. The smallest absolute Gasteiger partial charge is 0.242 e. The van der Waals surface area contributed by atoms with E-state index in [1.54, 1.807) is 37.3 Å². The molecular formula is C23H30ClN3O4S. The Morgan fingerprint density at radius 2 is 1.78 bits per heavy atom.